The summed E-state index contributed by atoms with van der Waals surface area (Å²) in [6.45, 7) is 6.17. The van der Waals surface area contributed by atoms with Crippen LogP contribution in [0.25, 0.3) is 0 Å². The van der Waals surface area contributed by atoms with Crippen molar-refractivity contribution in [3.63, 3.8) is 0 Å². The van der Waals surface area contributed by atoms with Crippen molar-refractivity contribution in [2.24, 2.45) is 40.4 Å². The molecule has 4 saturated carbocycles. The Labute approximate surface area is 207 Å². The molecule has 5 fully saturated rings. The monoisotopic (exact) mass is 499 g/mol. The van der Waals surface area contributed by atoms with E-state index in [-0.39, 0.29) is 36.0 Å². The number of rotatable bonds is 4. The first-order valence-corrected chi connectivity index (χ1v) is 14.8. The molecule has 1 heterocycles. The predicted molar refractivity (Wildman–Crippen MR) is 131 cm³/mol. The van der Waals surface area contributed by atoms with Gasteiger partial charge in [0.25, 0.3) is 5.92 Å². The van der Waals surface area contributed by atoms with Crippen LogP contribution in [-0.4, -0.2) is 63.7 Å². The van der Waals surface area contributed by atoms with Gasteiger partial charge >= 0.3 is 0 Å². The Morgan fingerprint density at radius 2 is 1.74 bits per heavy atom. The number of aliphatic hydroxyl groups excluding tert-OH is 2. The SMILES string of the molecule is CC12CCC3C(C(O)CC4CC(O)C(F)(F)CC43C)C1CCC2CCCC(=O)N1CCSCC1. The molecule has 0 aromatic rings. The Morgan fingerprint density at radius 1 is 1.03 bits per heavy atom. The molecule has 34 heavy (non-hydrogen) atoms. The van der Waals surface area contributed by atoms with Crippen molar-refractivity contribution in [2.75, 3.05) is 24.6 Å². The van der Waals surface area contributed by atoms with Gasteiger partial charge < -0.3 is 15.1 Å². The first kappa shape index (κ1) is 25.3. The molecule has 2 N–H and O–H groups in total. The molecule has 7 heteroatoms. The molecule has 1 aliphatic heterocycles. The molecular weight excluding hydrogens is 456 g/mol. The molecule has 1 amide bonds. The summed E-state index contributed by atoms with van der Waals surface area (Å²) in [5, 5.41) is 21.3. The summed E-state index contributed by atoms with van der Waals surface area (Å²) in [5.41, 5.74) is -0.377. The highest BCUT2D eigenvalue weighted by atomic mass is 32.2. The quantitative estimate of drug-likeness (QED) is 0.574. The van der Waals surface area contributed by atoms with Crippen LogP contribution in [-0.2, 0) is 4.79 Å². The summed E-state index contributed by atoms with van der Waals surface area (Å²) >= 11 is 1.92. The second kappa shape index (κ2) is 9.16. The summed E-state index contributed by atoms with van der Waals surface area (Å²) in [6, 6.07) is 0. The van der Waals surface area contributed by atoms with Crippen LogP contribution in [0.3, 0.4) is 0 Å². The molecular formula is C27H43F2NO3S. The Balaban J connectivity index is 1.25. The molecule has 0 aromatic carbocycles. The van der Waals surface area contributed by atoms with Crippen molar-refractivity contribution < 1.29 is 23.8 Å². The van der Waals surface area contributed by atoms with Gasteiger partial charge in [0.15, 0.2) is 0 Å². The third kappa shape index (κ3) is 4.13. The van der Waals surface area contributed by atoms with Crippen LogP contribution in [0.1, 0.15) is 78.1 Å². The molecule has 194 valence electrons. The minimum atomic E-state index is -3.03. The normalized spacial score (nSPS) is 48.1. The van der Waals surface area contributed by atoms with Crippen LogP contribution < -0.4 is 0 Å². The van der Waals surface area contributed by atoms with Crippen LogP contribution in [0, 0.1) is 40.4 Å². The van der Waals surface area contributed by atoms with Gasteiger partial charge in [-0.3, -0.25) is 4.79 Å². The zero-order chi connectivity index (χ0) is 24.3. The van der Waals surface area contributed by atoms with Gasteiger partial charge in [0.05, 0.1) is 6.10 Å². The number of aliphatic hydroxyl groups is 2. The number of alkyl halides is 2. The van der Waals surface area contributed by atoms with Gasteiger partial charge in [-0.1, -0.05) is 13.8 Å². The van der Waals surface area contributed by atoms with Crippen molar-refractivity contribution in [1.29, 1.82) is 0 Å². The molecule has 0 radical (unpaired) electrons. The largest absolute Gasteiger partial charge is 0.393 e. The maximum atomic E-state index is 14.7. The van der Waals surface area contributed by atoms with Gasteiger partial charge in [-0.15, -0.1) is 0 Å². The van der Waals surface area contributed by atoms with Crippen LogP contribution >= 0.6 is 11.8 Å². The maximum Gasteiger partial charge on any atom is 0.274 e. The van der Waals surface area contributed by atoms with E-state index in [4.69, 9.17) is 0 Å². The number of thioether (sulfide) groups is 1. The van der Waals surface area contributed by atoms with Crippen LogP contribution in [0.2, 0.25) is 0 Å². The van der Waals surface area contributed by atoms with Crippen molar-refractivity contribution in [2.45, 2.75) is 96.2 Å². The van der Waals surface area contributed by atoms with E-state index in [1.54, 1.807) is 0 Å². The number of carbonyl (C=O) groups excluding carboxylic acids is 1. The van der Waals surface area contributed by atoms with Gasteiger partial charge in [-0.25, -0.2) is 8.78 Å². The number of amides is 1. The van der Waals surface area contributed by atoms with E-state index < -0.39 is 23.5 Å². The summed E-state index contributed by atoms with van der Waals surface area (Å²) in [4.78, 5) is 14.6. The van der Waals surface area contributed by atoms with Gasteiger partial charge in [0.1, 0.15) is 6.10 Å². The van der Waals surface area contributed by atoms with Crippen LogP contribution in [0.5, 0.6) is 0 Å². The Kier molecular flexibility index (Phi) is 6.81. The second-order valence-electron chi connectivity index (χ2n) is 12.7. The van der Waals surface area contributed by atoms with Gasteiger partial charge in [0.2, 0.25) is 5.91 Å². The first-order chi connectivity index (χ1) is 16.1. The molecule has 0 spiro atoms. The summed E-state index contributed by atoms with van der Waals surface area (Å²) in [6.07, 6.45) is 5.11. The number of carbonyl (C=O) groups is 1. The van der Waals surface area contributed by atoms with Crippen molar-refractivity contribution in [3.05, 3.63) is 0 Å². The summed E-state index contributed by atoms with van der Waals surface area (Å²) in [5.74, 6) is 0.447. The van der Waals surface area contributed by atoms with Gasteiger partial charge in [-0.05, 0) is 91.8 Å². The van der Waals surface area contributed by atoms with Crippen molar-refractivity contribution in [1.82, 2.24) is 4.90 Å². The van der Waals surface area contributed by atoms with Crippen LogP contribution in [0.4, 0.5) is 8.78 Å². The fourth-order valence-electron chi connectivity index (χ4n) is 9.28. The molecule has 9 atom stereocenters. The molecule has 4 nitrogen and oxygen atoms in total. The van der Waals surface area contributed by atoms with E-state index >= 15 is 0 Å². The van der Waals surface area contributed by atoms with Crippen molar-refractivity contribution >= 4 is 17.7 Å². The van der Waals surface area contributed by atoms with E-state index in [0.29, 0.717) is 30.6 Å². The van der Waals surface area contributed by atoms with Crippen LogP contribution in [0.15, 0.2) is 0 Å². The summed E-state index contributed by atoms with van der Waals surface area (Å²) < 4.78 is 29.3. The highest BCUT2D eigenvalue weighted by molar-refractivity contribution is 7.99. The highest BCUT2D eigenvalue weighted by Crippen LogP contribution is 2.68. The fraction of sp³-hybridized carbons (Fsp3) is 0.963. The number of hydrogen-bond acceptors (Lipinski definition) is 4. The Bertz CT molecular complexity index is 777. The van der Waals surface area contributed by atoms with E-state index in [0.717, 1.165) is 63.1 Å². The number of halogens is 2. The van der Waals surface area contributed by atoms with E-state index in [1.807, 2.05) is 23.6 Å². The maximum absolute atomic E-state index is 14.7. The molecule has 9 unspecified atom stereocenters. The smallest absolute Gasteiger partial charge is 0.274 e. The Hall–Kier alpha value is -0.400. The molecule has 5 aliphatic rings. The number of fused-ring (bicyclic) bond motifs is 5. The lowest BCUT2D eigenvalue weighted by Gasteiger charge is -2.63. The van der Waals surface area contributed by atoms with Gasteiger partial charge in [0, 0.05) is 37.4 Å². The molecule has 1 saturated heterocycles. The lowest BCUT2D eigenvalue weighted by molar-refractivity contribution is -0.235. The topological polar surface area (TPSA) is 60.8 Å². The lowest BCUT2D eigenvalue weighted by Crippen LogP contribution is -2.61. The standard InChI is InChI=1S/C27H43F2NO3S/c1-25-9-8-20-24(21(31)14-18-15-22(32)27(28,29)16-26(18,20)2)19(25)7-6-17(25)4-3-5-23(33)30-10-12-34-13-11-30/h17-22,24,31-32H,3-16H2,1-2H3. The van der Waals surface area contributed by atoms with Gasteiger partial charge in [-0.2, -0.15) is 11.8 Å². The predicted octanol–water partition coefficient (Wildman–Crippen LogP) is 4.97. The van der Waals surface area contributed by atoms with E-state index in [1.165, 1.54) is 0 Å². The third-order valence-electron chi connectivity index (χ3n) is 11.2. The molecule has 0 bridgehead atoms. The summed E-state index contributed by atoms with van der Waals surface area (Å²) in [7, 11) is 0. The Morgan fingerprint density at radius 3 is 2.47 bits per heavy atom. The number of nitrogens with zero attached hydrogens (tertiary/aromatic N) is 1. The molecule has 4 aliphatic carbocycles. The fourth-order valence-corrected chi connectivity index (χ4v) is 10.2. The minimum absolute atomic E-state index is 0.0286. The minimum Gasteiger partial charge on any atom is -0.393 e. The second-order valence-corrected chi connectivity index (χ2v) is 13.9. The lowest BCUT2D eigenvalue weighted by atomic mass is 9.43. The molecule has 5 rings (SSSR count). The van der Waals surface area contributed by atoms with Crippen molar-refractivity contribution in [3.8, 4) is 0 Å². The third-order valence-corrected chi connectivity index (χ3v) is 12.1. The average molecular weight is 500 g/mol. The average Bonchev–Trinajstić information content (AvgIpc) is 3.12. The van der Waals surface area contributed by atoms with E-state index in [2.05, 4.69) is 6.92 Å². The zero-order valence-corrected chi connectivity index (χ0v) is 21.7. The zero-order valence-electron chi connectivity index (χ0n) is 20.9. The van der Waals surface area contributed by atoms with E-state index in [9.17, 15) is 23.8 Å². The first-order valence-electron chi connectivity index (χ1n) is 13.7. The highest BCUT2D eigenvalue weighted by Gasteiger charge is 2.65. The number of hydrogen-bond donors (Lipinski definition) is 2. The molecule has 0 aromatic heterocycles.